The van der Waals surface area contributed by atoms with Gasteiger partial charge in [0.15, 0.2) is 0 Å². The van der Waals surface area contributed by atoms with Crippen LogP contribution < -0.4 is 15.4 Å². The van der Waals surface area contributed by atoms with Gasteiger partial charge < -0.3 is 20.1 Å². The Morgan fingerprint density at radius 3 is 2.54 bits per heavy atom. The first kappa shape index (κ1) is 17.3. The first-order valence-corrected chi connectivity index (χ1v) is 7.50. The van der Waals surface area contributed by atoms with E-state index in [1.807, 2.05) is 30.3 Å². The summed E-state index contributed by atoms with van der Waals surface area (Å²) in [5.74, 6) is 0.288. The van der Waals surface area contributed by atoms with Crippen molar-refractivity contribution in [3.8, 4) is 5.75 Å². The Hall–Kier alpha value is -3.02. The van der Waals surface area contributed by atoms with Crippen LogP contribution in [0.4, 0.5) is 10.5 Å². The van der Waals surface area contributed by atoms with Gasteiger partial charge in [-0.2, -0.15) is 0 Å². The predicted octanol–water partition coefficient (Wildman–Crippen LogP) is 2.95. The van der Waals surface area contributed by atoms with Crippen LogP contribution in [-0.2, 0) is 16.1 Å². The van der Waals surface area contributed by atoms with Gasteiger partial charge in [0.1, 0.15) is 18.4 Å². The van der Waals surface area contributed by atoms with E-state index in [0.717, 1.165) is 5.56 Å². The fourth-order valence-corrected chi connectivity index (χ4v) is 1.96. The number of carbonyl (C=O) groups excluding carboxylic acids is 2. The first-order chi connectivity index (χ1) is 11.6. The molecule has 1 atom stereocenters. The molecule has 2 aromatic carbocycles. The van der Waals surface area contributed by atoms with E-state index in [1.165, 1.54) is 0 Å². The first-order valence-electron chi connectivity index (χ1n) is 7.50. The van der Waals surface area contributed by atoms with Gasteiger partial charge in [-0.1, -0.05) is 36.4 Å². The van der Waals surface area contributed by atoms with Gasteiger partial charge in [-0.15, -0.1) is 0 Å². The van der Waals surface area contributed by atoms with Crippen LogP contribution in [0.3, 0.4) is 0 Å². The second-order valence-corrected chi connectivity index (χ2v) is 5.15. The molecule has 0 saturated heterocycles. The molecule has 0 saturated carbocycles. The van der Waals surface area contributed by atoms with Crippen LogP contribution in [0.1, 0.15) is 12.5 Å². The van der Waals surface area contributed by atoms with Crippen molar-refractivity contribution in [1.29, 1.82) is 0 Å². The van der Waals surface area contributed by atoms with Crippen molar-refractivity contribution in [3.05, 3.63) is 60.2 Å². The van der Waals surface area contributed by atoms with E-state index in [4.69, 9.17) is 9.47 Å². The Kier molecular flexibility index (Phi) is 6.19. The van der Waals surface area contributed by atoms with Crippen LogP contribution >= 0.6 is 0 Å². The standard InChI is InChI=1S/C18H20N2O4/c1-13(17(21)20-15-9-6-10-16(11-15)23-2)19-18(22)24-12-14-7-4-3-5-8-14/h3-11,13H,12H2,1-2H3,(H,19,22)(H,20,21). The maximum absolute atomic E-state index is 12.1. The number of alkyl carbamates (subject to hydrolysis) is 1. The molecule has 2 N–H and O–H groups in total. The van der Waals surface area contributed by atoms with Gasteiger partial charge in [0.25, 0.3) is 0 Å². The minimum atomic E-state index is -0.737. The SMILES string of the molecule is COc1cccc(NC(=O)C(C)NC(=O)OCc2ccccc2)c1. The van der Waals surface area contributed by atoms with Crippen LogP contribution in [-0.4, -0.2) is 25.2 Å². The molecule has 6 heteroatoms. The molecule has 0 spiro atoms. The number of anilines is 1. The second-order valence-electron chi connectivity index (χ2n) is 5.15. The van der Waals surface area contributed by atoms with Crippen LogP contribution in [0.15, 0.2) is 54.6 Å². The molecule has 0 bridgehead atoms. The van der Waals surface area contributed by atoms with Gasteiger partial charge in [-0.3, -0.25) is 4.79 Å². The van der Waals surface area contributed by atoms with Crippen LogP contribution in [0.25, 0.3) is 0 Å². The molecule has 1 unspecified atom stereocenters. The number of methoxy groups -OCH3 is 1. The summed E-state index contributed by atoms with van der Waals surface area (Å²) in [5.41, 5.74) is 1.46. The molecular formula is C18H20N2O4. The zero-order valence-electron chi connectivity index (χ0n) is 13.6. The Morgan fingerprint density at radius 2 is 1.83 bits per heavy atom. The van der Waals surface area contributed by atoms with E-state index in [2.05, 4.69) is 10.6 Å². The Balaban J connectivity index is 1.81. The fraction of sp³-hybridized carbons (Fsp3) is 0.222. The lowest BCUT2D eigenvalue weighted by molar-refractivity contribution is -0.117. The van der Waals surface area contributed by atoms with E-state index in [0.29, 0.717) is 11.4 Å². The highest BCUT2D eigenvalue weighted by Crippen LogP contribution is 2.16. The highest BCUT2D eigenvalue weighted by atomic mass is 16.5. The molecule has 126 valence electrons. The third kappa shape index (κ3) is 5.31. The van der Waals surface area contributed by atoms with Gasteiger partial charge in [0.05, 0.1) is 7.11 Å². The Labute approximate surface area is 140 Å². The number of benzene rings is 2. The van der Waals surface area contributed by atoms with E-state index in [1.54, 1.807) is 38.3 Å². The molecule has 6 nitrogen and oxygen atoms in total. The largest absolute Gasteiger partial charge is 0.497 e. The fourth-order valence-electron chi connectivity index (χ4n) is 1.96. The number of ether oxygens (including phenoxy) is 2. The maximum Gasteiger partial charge on any atom is 0.408 e. The summed E-state index contributed by atoms with van der Waals surface area (Å²) in [6.45, 7) is 1.73. The van der Waals surface area contributed by atoms with Gasteiger partial charge in [0.2, 0.25) is 5.91 Å². The summed E-state index contributed by atoms with van der Waals surface area (Å²) in [4.78, 5) is 23.9. The molecule has 0 fully saturated rings. The quantitative estimate of drug-likeness (QED) is 0.855. The maximum atomic E-state index is 12.1. The average molecular weight is 328 g/mol. The molecule has 0 heterocycles. The molecule has 2 amide bonds. The van der Waals surface area contributed by atoms with Crippen LogP contribution in [0.5, 0.6) is 5.75 Å². The van der Waals surface area contributed by atoms with E-state index in [9.17, 15) is 9.59 Å². The summed E-state index contributed by atoms with van der Waals surface area (Å²) in [6, 6.07) is 15.5. The lowest BCUT2D eigenvalue weighted by atomic mass is 10.2. The minimum absolute atomic E-state index is 0.150. The summed E-state index contributed by atoms with van der Waals surface area (Å²) >= 11 is 0. The van der Waals surface area contributed by atoms with E-state index >= 15 is 0 Å². The van der Waals surface area contributed by atoms with Crippen molar-refractivity contribution in [3.63, 3.8) is 0 Å². The Morgan fingerprint density at radius 1 is 1.08 bits per heavy atom. The molecule has 0 aliphatic carbocycles. The predicted molar refractivity (Wildman–Crippen MR) is 90.8 cm³/mol. The summed E-state index contributed by atoms with van der Waals surface area (Å²) in [7, 11) is 1.55. The van der Waals surface area contributed by atoms with Gasteiger partial charge >= 0.3 is 6.09 Å². The number of carbonyl (C=O) groups is 2. The third-order valence-electron chi connectivity index (χ3n) is 3.28. The molecule has 0 aliphatic rings. The van der Waals surface area contributed by atoms with E-state index < -0.39 is 12.1 Å². The summed E-state index contributed by atoms with van der Waals surface area (Å²) < 4.78 is 10.2. The lowest BCUT2D eigenvalue weighted by Gasteiger charge is -2.14. The molecule has 0 aromatic heterocycles. The monoisotopic (exact) mass is 328 g/mol. The van der Waals surface area contributed by atoms with E-state index in [-0.39, 0.29) is 12.5 Å². The van der Waals surface area contributed by atoms with Crippen molar-refractivity contribution in [1.82, 2.24) is 5.32 Å². The molecular weight excluding hydrogens is 308 g/mol. The summed E-state index contributed by atoms with van der Waals surface area (Å²) in [5, 5.41) is 5.20. The number of amides is 2. The molecule has 24 heavy (non-hydrogen) atoms. The third-order valence-corrected chi connectivity index (χ3v) is 3.28. The number of hydrogen-bond acceptors (Lipinski definition) is 4. The van der Waals surface area contributed by atoms with Crippen molar-refractivity contribution in [2.45, 2.75) is 19.6 Å². The van der Waals surface area contributed by atoms with Crippen molar-refractivity contribution >= 4 is 17.7 Å². The van der Waals surface area contributed by atoms with Crippen molar-refractivity contribution in [2.75, 3.05) is 12.4 Å². The topological polar surface area (TPSA) is 76.7 Å². The molecule has 0 aliphatic heterocycles. The van der Waals surface area contributed by atoms with Crippen molar-refractivity contribution in [2.24, 2.45) is 0 Å². The molecule has 2 rings (SSSR count). The zero-order chi connectivity index (χ0) is 17.4. The Bertz CT molecular complexity index is 688. The van der Waals surface area contributed by atoms with Crippen LogP contribution in [0.2, 0.25) is 0 Å². The van der Waals surface area contributed by atoms with Gasteiger partial charge in [0, 0.05) is 11.8 Å². The second kappa shape index (κ2) is 8.57. The van der Waals surface area contributed by atoms with Gasteiger partial charge in [-0.05, 0) is 24.6 Å². The molecule has 0 radical (unpaired) electrons. The highest BCUT2D eigenvalue weighted by Gasteiger charge is 2.16. The zero-order valence-corrected chi connectivity index (χ0v) is 13.6. The normalized spacial score (nSPS) is 11.2. The average Bonchev–Trinajstić information content (AvgIpc) is 2.61. The highest BCUT2D eigenvalue weighted by molar-refractivity contribution is 5.96. The number of rotatable bonds is 6. The van der Waals surface area contributed by atoms with Crippen LogP contribution in [0, 0.1) is 0 Å². The van der Waals surface area contributed by atoms with Gasteiger partial charge in [-0.25, -0.2) is 4.79 Å². The lowest BCUT2D eigenvalue weighted by Crippen LogP contribution is -2.41. The summed E-state index contributed by atoms with van der Waals surface area (Å²) in [6.07, 6.45) is -0.646. The number of hydrogen-bond donors (Lipinski definition) is 2. The van der Waals surface area contributed by atoms with Crippen molar-refractivity contribution < 1.29 is 19.1 Å². The molecule has 2 aromatic rings. The smallest absolute Gasteiger partial charge is 0.408 e. The number of nitrogens with one attached hydrogen (secondary N) is 2. The minimum Gasteiger partial charge on any atom is -0.497 e.